The summed E-state index contributed by atoms with van der Waals surface area (Å²) in [6, 6.07) is 13.5. The molecule has 234 valence electrons. The monoisotopic (exact) mass is 652 g/mol. The quantitative estimate of drug-likeness (QED) is 0.244. The van der Waals surface area contributed by atoms with Crippen LogP contribution >= 0.6 is 23.2 Å². The van der Waals surface area contributed by atoms with E-state index in [2.05, 4.69) is 10.6 Å². The minimum atomic E-state index is -0.747. The molecule has 1 saturated carbocycles. The first-order valence-electron chi connectivity index (χ1n) is 14.2. The standard InChI is InChI=1S/C33H31Cl2FN4O5/c1-39-17-25(32(43)40(2)33(39)44)31(42)38-26-9-5-8-22(28(26)35)21-6-4-7-23(27(21)34)24-13-11-19(30(45-3)29(24)36)16-37-15-18-10-12-20(41)14-18/h4-9,11,13,17-18,37H,10,12,14-16H2,1-3H3,(H,38,42)/t18-/m1/s1. The van der Waals surface area contributed by atoms with Crippen molar-refractivity contribution in [3.05, 3.63) is 103 Å². The Morgan fingerprint density at radius 2 is 1.64 bits per heavy atom. The van der Waals surface area contributed by atoms with E-state index in [9.17, 15) is 19.2 Å². The smallest absolute Gasteiger partial charge is 0.330 e. The van der Waals surface area contributed by atoms with Gasteiger partial charge in [-0.3, -0.25) is 19.0 Å². The number of nitrogens with zero attached hydrogens (tertiary/aromatic N) is 2. The van der Waals surface area contributed by atoms with Crippen LogP contribution in [0, 0.1) is 11.7 Å². The van der Waals surface area contributed by atoms with Gasteiger partial charge in [0.1, 0.15) is 11.3 Å². The number of Topliss-reactive ketones (excluding diaryl/α,β-unsaturated/α-hetero) is 1. The molecule has 1 aliphatic rings. The number of carbonyl (C=O) groups is 2. The molecule has 5 rings (SSSR count). The Hall–Kier alpha value is -4.25. The first kappa shape index (κ1) is 32.2. The lowest BCUT2D eigenvalue weighted by molar-refractivity contribution is -0.117. The van der Waals surface area contributed by atoms with Crippen LogP contribution in [0.25, 0.3) is 22.3 Å². The highest BCUT2D eigenvalue weighted by atomic mass is 35.5. The van der Waals surface area contributed by atoms with E-state index in [1.807, 2.05) is 0 Å². The van der Waals surface area contributed by atoms with Crippen molar-refractivity contribution in [2.45, 2.75) is 25.8 Å². The molecule has 1 amide bonds. The second-order valence-corrected chi connectivity index (χ2v) is 11.7. The van der Waals surface area contributed by atoms with E-state index in [1.54, 1.807) is 48.5 Å². The zero-order valence-corrected chi connectivity index (χ0v) is 26.4. The summed E-state index contributed by atoms with van der Waals surface area (Å²) in [7, 11) is 4.13. The Bertz CT molecular complexity index is 1940. The molecule has 1 aliphatic carbocycles. The number of rotatable bonds is 9. The van der Waals surface area contributed by atoms with Crippen molar-refractivity contribution in [1.29, 1.82) is 0 Å². The number of aryl methyl sites for hydroxylation is 1. The van der Waals surface area contributed by atoms with Gasteiger partial charge in [0.15, 0.2) is 11.6 Å². The molecule has 1 fully saturated rings. The number of methoxy groups -OCH3 is 1. The zero-order chi connectivity index (χ0) is 32.4. The number of ether oxygens (including phenoxy) is 1. The van der Waals surface area contributed by atoms with Crippen molar-refractivity contribution in [3.63, 3.8) is 0 Å². The fourth-order valence-corrected chi connectivity index (χ4v) is 6.18. The molecule has 1 atom stereocenters. The number of amides is 1. The van der Waals surface area contributed by atoms with Crippen LogP contribution in [0.5, 0.6) is 5.75 Å². The van der Waals surface area contributed by atoms with Gasteiger partial charge in [0.25, 0.3) is 11.5 Å². The van der Waals surface area contributed by atoms with Crippen molar-refractivity contribution in [2.24, 2.45) is 20.0 Å². The SMILES string of the molecule is COc1c(CNC[C@@H]2CCC(=O)C2)ccc(-c2cccc(-c3cccc(NC(=O)c4cn(C)c(=O)n(C)c4=O)c3Cl)c2Cl)c1F. The fourth-order valence-electron chi connectivity index (χ4n) is 5.58. The summed E-state index contributed by atoms with van der Waals surface area (Å²) in [6.45, 7) is 1.03. The highest BCUT2D eigenvalue weighted by molar-refractivity contribution is 6.39. The number of ketones is 1. The molecule has 0 bridgehead atoms. The molecule has 1 heterocycles. The van der Waals surface area contributed by atoms with Gasteiger partial charge in [0, 0.05) is 67.5 Å². The number of nitrogens with one attached hydrogen (secondary N) is 2. The lowest BCUT2D eigenvalue weighted by atomic mass is 9.96. The first-order valence-corrected chi connectivity index (χ1v) is 15.0. The van der Waals surface area contributed by atoms with Crippen LogP contribution in [0.15, 0.2) is 64.3 Å². The van der Waals surface area contributed by atoms with Crippen LogP contribution in [0.3, 0.4) is 0 Å². The molecule has 0 radical (unpaired) electrons. The Kier molecular flexibility index (Phi) is 9.57. The van der Waals surface area contributed by atoms with Crippen molar-refractivity contribution in [1.82, 2.24) is 14.5 Å². The van der Waals surface area contributed by atoms with Gasteiger partial charge in [0.2, 0.25) is 0 Å². The number of aromatic nitrogens is 2. The zero-order valence-electron chi connectivity index (χ0n) is 24.9. The van der Waals surface area contributed by atoms with E-state index < -0.39 is 23.0 Å². The molecule has 0 unspecified atom stereocenters. The second-order valence-electron chi connectivity index (χ2n) is 11.0. The number of hydrogen-bond acceptors (Lipinski definition) is 6. The molecule has 1 aromatic heterocycles. The molecule has 45 heavy (non-hydrogen) atoms. The molecule has 4 aromatic rings. The summed E-state index contributed by atoms with van der Waals surface area (Å²) in [5, 5.41) is 6.33. The Balaban J connectivity index is 1.43. The summed E-state index contributed by atoms with van der Waals surface area (Å²) < 4.78 is 23.3. The van der Waals surface area contributed by atoms with Crippen LogP contribution < -0.4 is 26.6 Å². The Labute approximate surface area is 268 Å². The van der Waals surface area contributed by atoms with Crippen molar-refractivity contribution in [2.75, 3.05) is 19.0 Å². The molecular weight excluding hydrogens is 622 g/mol. The predicted molar refractivity (Wildman–Crippen MR) is 173 cm³/mol. The summed E-state index contributed by atoms with van der Waals surface area (Å²) in [6.07, 6.45) is 3.21. The Morgan fingerprint density at radius 3 is 2.31 bits per heavy atom. The van der Waals surface area contributed by atoms with E-state index in [-0.39, 0.29) is 44.3 Å². The van der Waals surface area contributed by atoms with Gasteiger partial charge in [-0.2, -0.15) is 0 Å². The average molecular weight is 654 g/mol. The predicted octanol–water partition coefficient (Wildman–Crippen LogP) is 5.58. The third kappa shape index (κ3) is 6.45. The maximum Gasteiger partial charge on any atom is 0.330 e. The minimum absolute atomic E-state index is 0.0938. The van der Waals surface area contributed by atoms with Crippen molar-refractivity contribution in [3.8, 4) is 28.0 Å². The molecule has 3 aromatic carbocycles. The van der Waals surface area contributed by atoms with E-state index >= 15 is 4.39 Å². The van der Waals surface area contributed by atoms with Crippen LogP contribution in [0.1, 0.15) is 35.2 Å². The molecule has 0 saturated heterocycles. The first-order chi connectivity index (χ1) is 21.5. The van der Waals surface area contributed by atoms with Crippen molar-refractivity contribution < 1.29 is 18.7 Å². The maximum atomic E-state index is 15.9. The number of benzene rings is 3. The minimum Gasteiger partial charge on any atom is -0.493 e. The number of carbonyl (C=O) groups excluding carboxylic acids is 2. The average Bonchev–Trinajstić information content (AvgIpc) is 3.44. The van der Waals surface area contributed by atoms with Crippen molar-refractivity contribution >= 4 is 40.6 Å². The topological polar surface area (TPSA) is 111 Å². The number of halogens is 3. The van der Waals surface area contributed by atoms with Crippen LogP contribution in [-0.4, -0.2) is 34.5 Å². The summed E-state index contributed by atoms with van der Waals surface area (Å²) in [4.78, 5) is 49.2. The lowest BCUT2D eigenvalue weighted by Gasteiger charge is -2.17. The van der Waals surface area contributed by atoms with E-state index in [0.717, 1.165) is 15.6 Å². The van der Waals surface area contributed by atoms with E-state index in [1.165, 1.54) is 27.4 Å². The third-order valence-electron chi connectivity index (χ3n) is 8.00. The van der Waals surface area contributed by atoms with Gasteiger partial charge in [-0.05, 0) is 24.9 Å². The number of hydrogen-bond donors (Lipinski definition) is 2. The summed E-state index contributed by atoms with van der Waals surface area (Å²) in [5.41, 5.74) is 0.892. The third-order valence-corrected chi connectivity index (χ3v) is 8.81. The number of anilines is 1. The molecule has 2 N–H and O–H groups in total. The van der Waals surface area contributed by atoms with Crippen LogP contribution in [0.4, 0.5) is 10.1 Å². The highest BCUT2D eigenvalue weighted by Gasteiger charge is 2.23. The molecule has 9 nitrogen and oxygen atoms in total. The van der Waals surface area contributed by atoms with Crippen LogP contribution in [-0.2, 0) is 25.4 Å². The van der Waals surface area contributed by atoms with Gasteiger partial charge in [0.05, 0.1) is 22.8 Å². The van der Waals surface area contributed by atoms with E-state index in [0.29, 0.717) is 48.2 Å². The van der Waals surface area contributed by atoms with Crippen LogP contribution in [0.2, 0.25) is 10.0 Å². The fraction of sp³-hybridized carbons (Fsp3) is 0.273. The summed E-state index contributed by atoms with van der Waals surface area (Å²) in [5.74, 6) is -0.659. The normalized spacial score (nSPS) is 14.5. The van der Waals surface area contributed by atoms with E-state index in [4.69, 9.17) is 27.9 Å². The largest absolute Gasteiger partial charge is 0.493 e. The molecule has 0 spiro atoms. The van der Waals surface area contributed by atoms with Gasteiger partial charge in [-0.15, -0.1) is 0 Å². The van der Waals surface area contributed by atoms with Gasteiger partial charge in [-0.1, -0.05) is 65.7 Å². The van der Waals surface area contributed by atoms with Gasteiger partial charge >= 0.3 is 5.69 Å². The second kappa shape index (κ2) is 13.4. The lowest BCUT2D eigenvalue weighted by Crippen LogP contribution is -2.40. The van der Waals surface area contributed by atoms with Gasteiger partial charge in [-0.25, -0.2) is 9.18 Å². The molecule has 12 heteroatoms. The molecule has 0 aliphatic heterocycles. The highest BCUT2D eigenvalue weighted by Crippen LogP contribution is 2.43. The molecular formula is C33H31Cl2FN4O5. The Morgan fingerprint density at radius 1 is 0.978 bits per heavy atom. The maximum absolute atomic E-state index is 15.9. The van der Waals surface area contributed by atoms with Gasteiger partial charge < -0.3 is 19.9 Å². The summed E-state index contributed by atoms with van der Waals surface area (Å²) >= 11 is 13.6.